The van der Waals surface area contributed by atoms with Gasteiger partial charge in [-0.05, 0) is 69.2 Å². The Morgan fingerprint density at radius 2 is 1.62 bits per heavy atom. The van der Waals surface area contributed by atoms with E-state index in [1.807, 2.05) is 27.7 Å². The fourth-order valence-corrected chi connectivity index (χ4v) is 5.73. The highest BCUT2D eigenvalue weighted by molar-refractivity contribution is 7.92. The van der Waals surface area contributed by atoms with Gasteiger partial charge in [0.25, 0.3) is 10.0 Å². The van der Waals surface area contributed by atoms with E-state index in [2.05, 4.69) is 5.32 Å². The lowest BCUT2D eigenvalue weighted by Crippen LogP contribution is -2.55. The van der Waals surface area contributed by atoms with Gasteiger partial charge in [0.15, 0.2) is 0 Å². The molecule has 2 amide bonds. The van der Waals surface area contributed by atoms with E-state index in [0.717, 1.165) is 9.87 Å². The Balaban J connectivity index is 2.07. The molecule has 0 bridgehead atoms. The van der Waals surface area contributed by atoms with Gasteiger partial charge in [-0.25, -0.2) is 8.42 Å². The van der Waals surface area contributed by atoms with Crippen LogP contribution >= 0.6 is 11.6 Å². The van der Waals surface area contributed by atoms with E-state index in [9.17, 15) is 18.0 Å². The largest absolute Gasteiger partial charge is 0.497 e. The van der Waals surface area contributed by atoms with E-state index in [4.69, 9.17) is 16.3 Å². The standard InChI is InChI=1S/C30H36ClN3O5S/c1-6-27(29(36)32-30(2,3)4)33(20-22-15-17-23(31)18-16-22)28(35)21-34(24-11-10-12-25(19-24)39-5)40(37,38)26-13-8-7-9-14-26/h7-19,27H,6,20-21H2,1-5H3,(H,32,36). The van der Waals surface area contributed by atoms with Crippen LogP contribution in [0.1, 0.15) is 39.7 Å². The molecule has 214 valence electrons. The van der Waals surface area contributed by atoms with Gasteiger partial charge in [-0.2, -0.15) is 0 Å². The van der Waals surface area contributed by atoms with Gasteiger partial charge in [-0.3, -0.25) is 13.9 Å². The molecule has 40 heavy (non-hydrogen) atoms. The summed E-state index contributed by atoms with van der Waals surface area (Å²) in [5.41, 5.74) is 0.483. The summed E-state index contributed by atoms with van der Waals surface area (Å²) in [6.07, 6.45) is 0.325. The minimum absolute atomic E-state index is 0.0346. The van der Waals surface area contributed by atoms with Gasteiger partial charge >= 0.3 is 0 Å². The molecule has 1 atom stereocenters. The van der Waals surface area contributed by atoms with Gasteiger partial charge in [0.05, 0.1) is 17.7 Å². The average Bonchev–Trinajstić information content (AvgIpc) is 2.92. The number of hydrogen-bond donors (Lipinski definition) is 1. The second-order valence-electron chi connectivity index (χ2n) is 10.3. The Hall–Kier alpha value is -3.56. The summed E-state index contributed by atoms with van der Waals surface area (Å²) in [4.78, 5) is 28.9. The molecule has 0 aliphatic rings. The third-order valence-corrected chi connectivity index (χ3v) is 8.14. The Labute approximate surface area is 241 Å². The molecule has 3 rings (SSSR count). The molecule has 1 N–H and O–H groups in total. The van der Waals surface area contributed by atoms with Crippen molar-refractivity contribution < 1.29 is 22.7 Å². The number of halogens is 1. The summed E-state index contributed by atoms with van der Waals surface area (Å²) in [5.74, 6) is -0.420. The SMILES string of the molecule is CCC(C(=O)NC(C)(C)C)N(Cc1ccc(Cl)cc1)C(=O)CN(c1cccc(OC)c1)S(=O)(=O)c1ccccc1. The Bertz CT molecular complexity index is 1410. The van der Waals surface area contributed by atoms with Gasteiger partial charge in [-0.1, -0.05) is 54.9 Å². The van der Waals surface area contributed by atoms with Gasteiger partial charge in [-0.15, -0.1) is 0 Å². The summed E-state index contributed by atoms with van der Waals surface area (Å²) in [5, 5.41) is 3.49. The Kier molecular flexibility index (Phi) is 10.2. The first-order valence-corrected chi connectivity index (χ1v) is 14.8. The topological polar surface area (TPSA) is 96.0 Å². The lowest BCUT2D eigenvalue weighted by Gasteiger charge is -2.34. The van der Waals surface area contributed by atoms with Crippen molar-refractivity contribution >= 4 is 39.1 Å². The second-order valence-corrected chi connectivity index (χ2v) is 12.6. The van der Waals surface area contributed by atoms with Crippen molar-refractivity contribution in [3.63, 3.8) is 0 Å². The predicted octanol–water partition coefficient (Wildman–Crippen LogP) is 5.27. The number of sulfonamides is 1. The number of hydrogen-bond acceptors (Lipinski definition) is 5. The van der Waals surface area contributed by atoms with Crippen LogP contribution < -0.4 is 14.4 Å². The van der Waals surface area contributed by atoms with Crippen molar-refractivity contribution in [3.8, 4) is 5.75 Å². The quantitative estimate of drug-likeness (QED) is 0.331. The monoisotopic (exact) mass is 585 g/mol. The molecular weight excluding hydrogens is 550 g/mol. The highest BCUT2D eigenvalue weighted by atomic mass is 35.5. The number of nitrogens with one attached hydrogen (secondary N) is 1. The van der Waals surface area contributed by atoms with Crippen LogP contribution in [-0.4, -0.2) is 50.4 Å². The molecule has 0 heterocycles. The zero-order chi connectivity index (χ0) is 29.5. The molecule has 0 radical (unpaired) electrons. The first-order chi connectivity index (χ1) is 18.9. The molecule has 10 heteroatoms. The van der Waals surface area contributed by atoms with E-state index in [1.165, 1.54) is 24.1 Å². The molecule has 8 nitrogen and oxygen atoms in total. The Morgan fingerprint density at radius 3 is 2.20 bits per heavy atom. The van der Waals surface area contributed by atoms with Crippen molar-refractivity contribution in [2.75, 3.05) is 18.0 Å². The van der Waals surface area contributed by atoms with E-state index in [1.54, 1.807) is 66.7 Å². The molecule has 0 aliphatic heterocycles. The minimum atomic E-state index is -4.16. The summed E-state index contributed by atoms with van der Waals surface area (Å²) in [6, 6.07) is 20.5. The van der Waals surface area contributed by atoms with Crippen LogP contribution in [0.4, 0.5) is 5.69 Å². The molecule has 0 saturated heterocycles. The van der Waals surface area contributed by atoms with Crippen LogP contribution in [0.25, 0.3) is 0 Å². The summed E-state index contributed by atoms with van der Waals surface area (Å²) in [6.45, 7) is 6.95. The Morgan fingerprint density at radius 1 is 0.975 bits per heavy atom. The van der Waals surface area contributed by atoms with Gasteiger partial charge in [0.2, 0.25) is 11.8 Å². The van der Waals surface area contributed by atoms with E-state index in [-0.39, 0.29) is 23.0 Å². The van der Waals surface area contributed by atoms with Gasteiger partial charge < -0.3 is 15.0 Å². The molecule has 0 aromatic heterocycles. The predicted molar refractivity (Wildman–Crippen MR) is 158 cm³/mol. The number of ether oxygens (including phenoxy) is 1. The third-order valence-electron chi connectivity index (χ3n) is 6.10. The summed E-state index contributed by atoms with van der Waals surface area (Å²) >= 11 is 6.07. The number of methoxy groups -OCH3 is 1. The van der Waals surface area contributed by atoms with Crippen molar-refractivity contribution in [1.82, 2.24) is 10.2 Å². The number of nitrogens with zero attached hydrogens (tertiary/aromatic N) is 2. The number of carbonyl (C=O) groups excluding carboxylic acids is 2. The van der Waals surface area contributed by atoms with Crippen LogP contribution in [0, 0.1) is 0 Å². The van der Waals surface area contributed by atoms with E-state index < -0.39 is 34.1 Å². The fraction of sp³-hybridized carbons (Fsp3) is 0.333. The molecule has 0 aliphatic carbocycles. The number of benzene rings is 3. The molecule has 0 spiro atoms. The molecule has 3 aromatic carbocycles. The fourth-order valence-electron chi connectivity index (χ4n) is 4.17. The first-order valence-electron chi connectivity index (χ1n) is 12.9. The molecule has 0 saturated carbocycles. The van der Waals surface area contributed by atoms with Crippen molar-refractivity contribution in [3.05, 3.63) is 89.4 Å². The van der Waals surface area contributed by atoms with Crippen LogP contribution in [0.3, 0.4) is 0 Å². The normalized spacial score (nSPS) is 12.3. The molecular formula is C30H36ClN3O5S. The number of carbonyl (C=O) groups is 2. The summed E-state index contributed by atoms with van der Waals surface area (Å²) < 4.78 is 34.1. The highest BCUT2D eigenvalue weighted by Crippen LogP contribution is 2.28. The van der Waals surface area contributed by atoms with Crippen molar-refractivity contribution in [2.45, 2.75) is 57.1 Å². The van der Waals surface area contributed by atoms with E-state index in [0.29, 0.717) is 17.2 Å². The van der Waals surface area contributed by atoms with Crippen LogP contribution in [0.2, 0.25) is 5.02 Å². The molecule has 0 fully saturated rings. The number of rotatable bonds is 11. The van der Waals surface area contributed by atoms with Crippen molar-refractivity contribution in [1.29, 1.82) is 0 Å². The summed E-state index contributed by atoms with van der Waals surface area (Å²) in [7, 11) is -2.68. The van der Waals surface area contributed by atoms with Gasteiger partial charge in [0, 0.05) is 23.2 Å². The first kappa shape index (κ1) is 31.0. The minimum Gasteiger partial charge on any atom is -0.497 e. The number of amides is 2. The second kappa shape index (κ2) is 13.2. The van der Waals surface area contributed by atoms with Crippen LogP contribution in [0.5, 0.6) is 5.75 Å². The van der Waals surface area contributed by atoms with Crippen molar-refractivity contribution in [2.24, 2.45) is 0 Å². The third kappa shape index (κ3) is 7.99. The van der Waals surface area contributed by atoms with Gasteiger partial charge in [0.1, 0.15) is 18.3 Å². The lowest BCUT2D eigenvalue weighted by molar-refractivity contribution is -0.141. The van der Waals surface area contributed by atoms with E-state index >= 15 is 0 Å². The maximum absolute atomic E-state index is 14.1. The zero-order valence-corrected chi connectivity index (χ0v) is 25.0. The highest BCUT2D eigenvalue weighted by Gasteiger charge is 2.34. The molecule has 3 aromatic rings. The average molecular weight is 586 g/mol. The van der Waals surface area contributed by atoms with Crippen LogP contribution in [0.15, 0.2) is 83.8 Å². The van der Waals surface area contributed by atoms with Crippen LogP contribution in [-0.2, 0) is 26.2 Å². The zero-order valence-electron chi connectivity index (χ0n) is 23.4. The maximum Gasteiger partial charge on any atom is 0.264 e. The lowest BCUT2D eigenvalue weighted by atomic mass is 10.1. The molecule has 1 unspecified atom stereocenters. The smallest absolute Gasteiger partial charge is 0.264 e. The number of anilines is 1. The maximum atomic E-state index is 14.1.